The van der Waals surface area contributed by atoms with E-state index in [1.165, 1.54) is 25.7 Å². The molecule has 2 heterocycles. The highest BCUT2D eigenvalue weighted by molar-refractivity contribution is 5.74. The van der Waals surface area contributed by atoms with E-state index < -0.39 is 0 Å². The lowest BCUT2D eigenvalue weighted by Crippen LogP contribution is -2.54. The second kappa shape index (κ2) is 6.76. The van der Waals surface area contributed by atoms with Crippen LogP contribution in [0.3, 0.4) is 0 Å². The Balaban J connectivity index is 1.37. The molecule has 5 heteroatoms. The summed E-state index contributed by atoms with van der Waals surface area (Å²) in [5.41, 5.74) is 0. The molecule has 0 spiro atoms. The number of hydrogen-bond acceptors (Lipinski definition) is 3. The lowest BCUT2D eigenvalue weighted by atomic mass is 10.2. The van der Waals surface area contributed by atoms with Gasteiger partial charge >= 0.3 is 6.03 Å². The monoisotopic (exact) mass is 281 g/mol. The van der Waals surface area contributed by atoms with Gasteiger partial charge in [-0.05, 0) is 25.7 Å². The zero-order chi connectivity index (χ0) is 13.8. The average molecular weight is 281 g/mol. The van der Waals surface area contributed by atoms with Crippen molar-refractivity contribution in [1.29, 1.82) is 0 Å². The van der Waals surface area contributed by atoms with Crippen molar-refractivity contribution >= 4 is 6.03 Å². The molecule has 2 saturated heterocycles. The van der Waals surface area contributed by atoms with E-state index in [0.29, 0.717) is 12.1 Å². The number of urea groups is 1. The smallest absolute Gasteiger partial charge is 0.317 e. The van der Waals surface area contributed by atoms with Crippen LogP contribution in [0.25, 0.3) is 0 Å². The summed E-state index contributed by atoms with van der Waals surface area (Å²) < 4.78 is 5.68. The highest BCUT2D eigenvalue weighted by Crippen LogP contribution is 2.18. The molecule has 1 unspecified atom stereocenters. The van der Waals surface area contributed by atoms with Crippen LogP contribution >= 0.6 is 0 Å². The summed E-state index contributed by atoms with van der Waals surface area (Å²) in [6, 6.07) is 0.570. The fourth-order valence-corrected chi connectivity index (χ4v) is 3.55. The van der Waals surface area contributed by atoms with E-state index in [0.717, 1.165) is 52.2 Å². The van der Waals surface area contributed by atoms with E-state index in [-0.39, 0.29) is 6.03 Å². The third kappa shape index (κ3) is 3.64. The van der Waals surface area contributed by atoms with Crippen LogP contribution in [0.1, 0.15) is 38.5 Å². The Morgan fingerprint density at radius 1 is 1.05 bits per heavy atom. The molecule has 5 nitrogen and oxygen atoms in total. The van der Waals surface area contributed by atoms with Gasteiger partial charge in [-0.25, -0.2) is 4.79 Å². The third-order valence-corrected chi connectivity index (χ3v) is 4.83. The molecule has 0 aromatic heterocycles. The van der Waals surface area contributed by atoms with Gasteiger partial charge in [-0.2, -0.15) is 0 Å². The zero-order valence-electron chi connectivity index (χ0n) is 12.4. The van der Waals surface area contributed by atoms with Gasteiger partial charge in [0.05, 0.1) is 6.10 Å². The molecule has 0 aromatic carbocycles. The molecule has 1 N–H and O–H groups in total. The SMILES string of the molecule is O=C(NC1CCCC1)N1CCN(CC2CCCO2)CC1. The van der Waals surface area contributed by atoms with Gasteiger partial charge in [0.1, 0.15) is 0 Å². The maximum atomic E-state index is 12.2. The summed E-state index contributed by atoms with van der Waals surface area (Å²) in [5, 5.41) is 3.18. The van der Waals surface area contributed by atoms with E-state index in [1.54, 1.807) is 0 Å². The maximum absolute atomic E-state index is 12.2. The molecular formula is C15H27N3O2. The van der Waals surface area contributed by atoms with Crippen molar-refractivity contribution in [1.82, 2.24) is 15.1 Å². The molecule has 114 valence electrons. The van der Waals surface area contributed by atoms with E-state index in [2.05, 4.69) is 10.2 Å². The van der Waals surface area contributed by atoms with Gasteiger partial charge in [-0.1, -0.05) is 12.8 Å². The van der Waals surface area contributed by atoms with E-state index in [9.17, 15) is 4.79 Å². The first kappa shape index (κ1) is 14.1. The van der Waals surface area contributed by atoms with Gasteiger partial charge in [-0.3, -0.25) is 4.90 Å². The number of carbonyl (C=O) groups is 1. The fraction of sp³-hybridized carbons (Fsp3) is 0.933. The van der Waals surface area contributed by atoms with Gasteiger partial charge < -0.3 is 15.0 Å². The third-order valence-electron chi connectivity index (χ3n) is 4.83. The number of nitrogens with zero attached hydrogens (tertiary/aromatic N) is 2. The van der Waals surface area contributed by atoms with Crippen molar-refractivity contribution in [2.75, 3.05) is 39.3 Å². The quantitative estimate of drug-likeness (QED) is 0.851. The molecule has 1 atom stereocenters. The van der Waals surface area contributed by atoms with Gasteiger partial charge in [0.2, 0.25) is 0 Å². The van der Waals surface area contributed by atoms with Crippen LogP contribution in [0.2, 0.25) is 0 Å². The first-order chi connectivity index (χ1) is 9.81. The summed E-state index contributed by atoms with van der Waals surface area (Å²) in [6.07, 6.45) is 7.67. The first-order valence-corrected chi connectivity index (χ1v) is 8.20. The Labute approximate surface area is 121 Å². The first-order valence-electron chi connectivity index (χ1n) is 8.20. The highest BCUT2D eigenvalue weighted by atomic mass is 16.5. The number of rotatable bonds is 3. The van der Waals surface area contributed by atoms with Crippen molar-refractivity contribution in [2.24, 2.45) is 0 Å². The normalized spacial score (nSPS) is 29.0. The summed E-state index contributed by atoms with van der Waals surface area (Å²) in [6.45, 7) is 5.64. The molecule has 2 amide bonds. The minimum Gasteiger partial charge on any atom is -0.377 e. The van der Waals surface area contributed by atoms with Gasteiger partial charge in [0, 0.05) is 45.4 Å². The highest BCUT2D eigenvalue weighted by Gasteiger charge is 2.26. The van der Waals surface area contributed by atoms with E-state index in [4.69, 9.17) is 4.74 Å². The van der Waals surface area contributed by atoms with Crippen LogP contribution in [0.15, 0.2) is 0 Å². The number of hydrogen-bond donors (Lipinski definition) is 1. The van der Waals surface area contributed by atoms with Crippen molar-refractivity contribution in [2.45, 2.75) is 50.7 Å². The Kier molecular flexibility index (Phi) is 4.78. The van der Waals surface area contributed by atoms with E-state index >= 15 is 0 Å². The lowest BCUT2D eigenvalue weighted by Gasteiger charge is -2.36. The van der Waals surface area contributed by atoms with Crippen molar-refractivity contribution in [3.63, 3.8) is 0 Å². The number of piperazine rings is 1. The standard InChI is InChI=1S/C15H27N3O2/c19-15(16-13-4-1-2-5-13)18-9-7-17(8-10-18)12-14-6-3-11-20-14/h13-14H,1-12H2,(H,16,19). The van der Waals surface area contributed by atoms with Crippen LogP contribution < -0.4 is 5.32 Å². The van der Waals surface area contributed by atoms with Crippen LogP contribution in [0, 0.1) is 0 Å². The van der Waals surface area contributed by atoms with E-state index in [1.807, 2.05) is 4.90 Å². The van der Waals surface area contributed by atoms with Gasteiger partial charge in [-0.15, -0.1) is 0 Å². The molecule has 3 aliphatic rings. The molecule has 0 radical (unpaired) electrons. The molecule has 2 aliphatic heterocycles. The summed E-state index contributed by atoms with van der Waals surface area (Å²) in [4.78, 5) is 16.6. The maximum Gasteiger partial charge on any atom is 0.317 e. The summed E-state index contributed by atoms with van der Waals surface area (Å²) in [7, 11) is 0. The van der Waals surface area contributed by atoms with Gasteiger partial charge in [0.25, 0.3) is 0 Å². The molecular weight excluding hydrogens is 254 g/mol. The summed E-state index contributed by atoms with van der Waals surface area (Å²) in [5.74, 6) is 0. The largest absolute Gasteiger partial charge is 0.377 e. The number of carbonyl (C=O) groups excluding carboxylic acids is 1. The summed E-state index contributed by atoms with van der Waals surface area (Å²) >= 11 is 0. The minimum atomic E-state index is 0.147. The van der Waals surface area contributed by atoms with Crippen molar-refractivity contribution < 1.29 is 9.53 Å². The second-order valence-corrected chi connectivity index (χ2v) is 6.35. The van der Waals surface area contributed by atoms with Crippen LogP contribution in [0.5, 0.6) is 0 Å². The van der Waals surface area contributed by atoms with Crippen molar-refractivity contribution in [3.05, 3.63) is 0 Å². The molecule has 3 fully saturated rings. The Bertz CT molecular complexity index is 317. The lowest BCUT2D eigenvalue weighted by molar-refractivity contribution is 0.0559. The molecule has 1 saturated carbocycles. The second-order valence-electron chi connectivity index (χ2n) is 6.35. The molecule has 1 aliphatic carbocycles. The van der Waals surface area contributed by atoms with Crippen LogP contribution in [-0.4, -0.2) is 67.3 Å². The topological polar surface area (TPSA) is 44.8 Å². The molecule has 20 heavy (non-hydrogen) atoms. The Hall–Kier alpha value is -0.810. The molecule has 0 aromatic rings. The number of ether oxygens (including phenoxy) is 1. The fourth-order valence-electron chi connectivity index (χ4n) is 3.55. The predicted octanol–water partition coefficient (Wildman–Crippen LogP) is 1.44. The Morgan fingerprint density at radius 2 is 1.80 bits per heavy atom. The zero-order valence-corrected chi connectivity index (χ0v) is 12.4. The van der Waals surface area contributed by atoms with Crippen LogP contribution in [-0.2, 0) is 4.74 Å². The average Bonchev–Trinajstić information content (AvgIpc) is 3.13. The van der Waals surface area contributed by atoms with Crippen LogP contribution in [0.4, 0.5) is 4.79 Å². The Morgan fingerprint density at radius 3 is 2.45 bits per heavy atom. The number of amides is 2. The minimum absolute atomic E-state index is 0.147. The number of nitrogens with one attached hydrogen (secondary N) is 1. The van der Waals surface area contributed by atoms with Gasteiger partial charge in [0.15, 0.2) is 0 Å². The predicted molar refractivity (Wildman–Crippen MR) is 77.8 cm³/mol. The van der Waals surface area contributed by atoms with Crippen molar-refractivity contribution in [3.8, 4) is 0 Å². The molecule has 3 rings (SSSR count). The molecule has 0 bridgehead atoms.